The van der Waals surface area contributed by atoms with E-state index in [9.17, 15) is 9.59 Å². The van der Waals surface area contributed by atoms with Gasteiger partial charge in [-0.15, -0.1) is 0 Å². The third-order valence-corrected chi connectivity index (χ3v) is 6.25. The number of halogens is 1. The fourth-order valence-electron chi connectivity index (χ4n) is 4.13. The average molecular weight is 390 g/mol. The van der Waals surface area contributed by atoms with Gasteiger partial charge in [-0.25, -0.2) is 0 Å². The molecule has 0 atom stereocenters. The summed E-state index contributed by atoms with van der Waals surface area (Å²) in [5.41, 5.74) is 1.67. The van der Waals surface area contributed by atoms with Crippen molar-refractivity contribution >= 4 is 29.1 Å². The molecule has 0 spiro atoms. The van der Waals surface area contributed by atoms with E-state index >= 15 is 0 Å². The highest BCUT2D eigenvalue weighted by molar-refractivity contribution is 6.34. The highest BCUT2D eigenvalue weighted by Gasteiger charge is 2.34. The summed E-state index contributed by atoms with van der Waals surface area (Å²) >= 11 is 6.39. The van der Waals surface area contributed by atoms with Crippen molar-refractivity contribution in [3.63, 3.8) is 0 Å². The van der Waals surface area contributed by atoms with Crippen LogP contribution < -0.4 is 4.90 Å². The normalized spacial score (nSPS) is 21.1. The molecule has 0 unspecified atom stereocenters. The van der Waals surface area contributed by atoms with E-state index < -0.39 is 0 Å². The summed E-state index contributed by atoms with van der Waals surface area (Å²) in [5.74, 6) is 0.497. The molecule has 146 valence electrons. The van der Waals surface area contributed by atoms with E-state index in [0.717, 1.165) is 44.6 Å². The Morgan fingerprint density at radius 2 is 1.56 bits per heavy atom. The second-order valence-corrected chi connectivity index (χ2v) is 8.36. The number of hydrogen-bond donors (Lipinski definition) is 0. The topological polar surface area (TPSA) is 43.9 Å². The Morgan fingerprint density at radius 3 is 2.30 bits per heavy atom. The molecular weight excluding hydrogens is 362 g/mol. The number of hydrogen-bond acceptors (Lipinski definition) is 3. The van der Waals surface area contributed by atoms with Crippen molar-refractivity contribution < 1.29 is 9.59 Å². The smallest absolute Gasteiger partial charge is 0.255 e. The van der Waals surface area contributed by atoms with Gasteiger partial charge in [-0.3, -0.25) is 9.59 Å². The Hall–Kier alpha value is -1.75. The summed E-state index contributed by atoms with van der Waals surface area (Å²) in [4.78, 5) is 31.6. The van der Waals surface area contributed by atoms with E-state index in [0.29, 0.717) is 30.2 Å². The molecule has 4 rings (SSSR count). The Labute approximate surface area is 166 Å². The van der Waals surface area contributed by atoms with E-state index in [1.807, 2.05) is 28.0 Å². The lowest BCUT2D eigenvalue weighted by molar-refractivity contribution is -0.132. The Balaban J connectivity index is 1.46. The van der Waals surface area contributed by atoms with Gasteiger partial charge < -0.3 is 14.7 Å². The maximum Gasteiger partial charge on any atom is 0.255 e. The molecule has 1 aromatic rings. The summed E-state index contributed by atoms with van der Waals surface area (Å²) in [7, 11) is 0. The van der Waals surface area contributed by atoms with Gasteiger partial charge in [-0.2, -0.15) is 0 Å². The zero-order valence-electron chi connectivity index (χ0n) is 15.8. The lowest BCUT2D eigenvalue weighted by Crippen LogP contribution is -2.38. The van der Waals surface area contributed by atoms with Crippen LogP contribution in [0.15, 0.2) is 18.2 Å². The molecule has 5 nitrogen and oxygen atoms in total. The second kappa shape index (κ2) is 8.09. The van der Waals surface area contributed by atoms with Crippen molar-refractivity contribution in [2.24, 2.45) is 5.92 Å². The Bertz CT molecular complexity index is 713. The van der Waals surface area contributed by atoms with Gasteiger partial charge in [0.15, 0.2) is 0 Å². The van der Waals surface area contributed by atoms with Crippen molar-refractivity contribution in [2.45, 2.75) is 38.5 Å². The predicted molar refractivity (Wildman–Crippen MR) is 107 cm³/mol. The van der Waals surface area contributed by atoms with Crippen molar-refractivity contribution in [3.8, 4) is 0 Å². The fraction of sp³-hybridized carbons (Fsp3) is 0.619. The van der Waals surface area contributed by atoms with Crippen LogP contribution in [0.25, 0.3) is 0 Å². The molecule has 2 saturated heterocycles. The molecule has 2 heterocycles. The van der Waals surface area contributed by atoms with Crippen molar-refractivity contribution in [1.82, 2.24) is 9.80 Å². The van der Waals surface area contributed by atoms with Gasteiger partial charge in [0.25, 0.3) is 5.91 Å². The molecule has 6 heteroatoms. The molecule has 1 aromatic carbocycles. The minimum absolute atomic E-state index is 0.0143. The maximum absolute atomic E-state index is 13.2. The minimum Gasteiger partial charge on any atom is -0.372 e. The third-order valence-electron chi connectivity index (χ3n) is 5.92. The number of benzene rings is 1. The summed E-state index contributed by atoms with van der Waals surface area (Å²) in [6, 6.07) is 5.82. The third kappa shape index (κ3) is 4.23. The minimum atomic E-state index is -0.0143. The van der Waals surface area contributed by atoms with Crippen LogP contribution in [0.5, 0.6) is 0 Å². The second-order valence-electron chi connectivity index (χ2n) is 7.96. The van der Waals surface area contributed by atoms with Gasteiger partial charge in [0, 0.05) is 50.9 Å². The predicted octanol–water partition coefficient (Wildman–Crippen LogP) is 3.41. The Kier molecular flexibility index (Phi) is 5.58. The molecule has 0 bridgehead atoms. The molecule has 0 aromatic heterocycles. The van der Waals surface area contributed by atoms with Gasteiger partial charge in [0.05, 0.1) is 10.6 Å². The van der Waals surface area contributed by atoms with Gasteiger partial charge in [0.1, 0.15) is 0 Å². The molecule has 1 saturated carbocycles. The summed E-state index contributed by atoms with van der Waals surface area (Å²) < 4.78 is 0. The largest absolute Gasteiger partial charge is 0.372 e. The average Bonchev–Trinajstić information content (AvgIpc) is 3.55. The zero-order chi connectivity index (χ0) is 18.8. The van der Waals surface area contributed by atoms with Gasteiger partial charge in [-0.05, 0) is 56.7 Å². The van der Waals surface area contributed by atoms with Gasteiger partial charge in [-0.1, -0.05) is 11.6 Å². The Morgan fingerprint density at radius 1 is 0.852 bits per heavy atom. The van der Waals surface area contributed by atoms with Crippen LogP contribution in [-0.2, 0) is 4.79 Å². The highest BCUT2D eigenvalue weighted by Crippen LogP contribution is 2.31. The van der Waals surface area contributed by atoms with E-state index in [4.69, 9.17) is 11.6 Å². The SMILES string of the molecule is O=C(c1cc(N2CCCCC2)ccc1Cl)N1CCCN(C(=O)C2CC2)CC1. The molecule has 3 aliphatic rings. The maximum atomic E-state index is 13.2. The first-order chi connectivity index (χ1) is 13.1. The van der Waals surface area contributed by atoms with Crippen molar-refractivity contribution in [1.29, 1.82) is 0 Å². The van der Waals surface area contributed by atoms with Crippen LogP contribution in [0.2, 0.25) is 5.02 Å². The van der Waals surface area contributed by atoms with Crippen molar-refractivity contribution in [3.05, 3.63) is 28.8 Å². The standard InChI is InChI=1S/C21H28ClN3O2/c22-19-8-7-17(23-9-2-1-3-10-23)15-18(19)21(27)25-12-4-11-24(13-14-25)20(26)16-5-6-16/h7-8,15-16H,1-6,9-14H2. The number of anilines is 1. The lowest BCUT2D eigenvalue weighted by atomic mass is 10.1. The van der Waals surface area contributed by atoms with Crippen LogP contribution >= 0.6 is 11.6 Å². The van der Waals surface area contributed by atoms with Crippen LogP contribution in [0.4, 0.5) is 5.69 Å². The highest BCUT2D eigenvalue weighted by atomic mass is 35.5. The summed E-state index contributed by atoms with van der Waals surface area (Å²) in [6.45, 7) is 4.72. The van der Waals surface area contributed by atoms with Crippen LogP contribution in [0.3, 0.4) is 0 Å². The first-order valence-electron chi connectivity index (χ1n) is 10.3. The number of rotatable bonds is 3. The van der Waals surface area contributed by atoms with E-state index in [2.05, 4.69) is 4.90 Å². The number of carbonyl (C=O) groups is 2. The molecule has 3 fully saturated rings. The molecule has 2 amide bonds. The molecule has 0 radical (unpaired) electrons. The quantitative estimate of drug-likeness (QED) is 0.795. The number of nitrogens with zero attached hydrogens (tertiary/aromatic N) is 3. The number of piperidine rings is 1. The van der Waals surface area contributed by atoms with Crippen LogP contribution in [0.1, 0.15) is 48.9 Å². The molecule has 0 N–H and O–H groups in total. The number of amides is 2. The number of carbonyl (C=O) groups excluding carboxylic acids is 2. The fourth-order valence-corrected chi connectivity index (χ4v) is 4.32. The first kappa shape index (κ1) is 18.6. The zero-order valence-corrected chi connectivity index (χ0v) is 16.6. The molecular formula is C21H28ClN3O2. The van der Waals surface area contributed by atoms with Crippen LogP contribution in [-0.4, -0.2) is 60.9 Å². The van der Waals surface area contributed by atoms with Gasteiger partial charge >= 0.3 is 0 Å². The van der Waals surface area contributed by atoms with Gasteiger partial charge in [0.2, 0.25) is 5.91 Å². The summed E-state index contributed by atoms with van der Waals surface area (Å²) in [6.07, 6.45) is 6.55. The molecule has 1 aliphatic carbocycles. The molecule has 27 heavy (non-hydrogen) atoms. The van der Waals surface area contributed by atoms with E-state index in [1.165, 1.54) is 19.3 Å². The molecule has 2 aliphatic heterocycles. The monoisotopic (exact) mass is 389 g/mol. The van der Waals surface area contributed by atoms with E-state index in [1.54, 1.807) is 0 Å². The summed E-state index contributed by atoms with van der Waals surface area (Å²) in [5, 5.41) is 0.510. The van der Waals surface area contributed by atoms with Crippen LogP contribution in [0, 0.1) is 5.92 Å². The van der Waals surface area contributed by atoms with Crippen molar-refractivity contribution in [2.75, 3.05) is 44.2 Å². The van der Waals surface area contributed by atoms with E-state index in [-0.39, 0.29) is 17.7 Å². The lowest BCUT2D eigenvalue weighted by Gasteiger charge is -2.29. The first-order valence-corrected chi connectivity index (χ1v) is 10.6.